The number of carbonyl (C=O) groups excluding carboxylic acids is 1. The summed E-state index contributed by atoms with van der Waals surface area (Å²) in [4.78, 5) is 14.7. The van der Waals surface area contributed by atoms with E-state index < -0.39 is 29.2 Å². The molecule has 164 valence electrons. The predicted molar refractivity (Wildman–Crippen MR) is 105 cm³/mol. The van der Waals surface area contributed by atoms with Gasteiger partial charge in [-0.1, -0.05) is 26.0 Å². The molecule has 1 amide bonds. The average Bonchev–Trinajstić information content (AvgIpc) is 3.10. The topological polar surface area (TPSA) is 50.2 Å². The molecule has 0 aliphatic carbocycles. The Labute approximate surface area is 173 Å². The van der Waals surface area contributed by atoms with Crippen LogP contribution in [0.25, 0.3) is 5.69 Å². The average molecular weight is 426 g/mol. The van der Waals surface area contributed by atoms with Gasteiger partial charge in [0.2, 0.25) is 0 Å². The van der Waals surface area contributed by atoms with Crippen molar-refractivity contribution in [2.24, 2.45) is 11.8 Å². The molecule has 30 heavy (non-hydrogen) atoms. The van der Waals surface area contributed by atoms with Gasteiger partial charge in [-0.2, -0.15) is 18.3 Å². The fourth-order valence-electron chi connectivity index (χ4n) is 4.17. The normalized spacial score (nSPS) is 20.3. The van der Waals surface area contributed by atoms with E-state index in [1.807, 2.05) is 0 Å². The maximum absolute atomic E-state index is 14.0. The minimum Gasteiger partial charge on any atom is -0.352 e. The van der Waals surface area contributed by atoms with Gasteiger partial charge >= 0.3 is 6.18 Å². The van der Waals surface area contributed by atoms with Crippen LogP contribution in [0, 0.1) is 17.7 Å². The number of nitrogens with one attached hydrogen (secondary N) is 1. The summed E-state index contributed by atoms with van der Waals surface area (Å²) in [6.07, 6.45) is -2.21. The molecule has 1 aliphatic heterocycles. The summed E-state index contributed by atoms with van der Waals surface area (Å²) in [5, 5.41) is 6.18. The van der Waals surface area contributed by atoms with Crippen molar-refractivity contribution in [2.45, 2.75) is 32.9 Å². The molecule has 2 aromatic rings. The summed E-state index contributed by atoms with van der Waals surface area (Å²) in [5.74, 6) is -0.503. The number of hydrogen-bond acceptors (Lipinski definition) is 3. The summed E-state index contributed by atoms with van der Waals surface area (Å²) in [5.41, 5.74) is -2.27. The molecule has 1 fully saturated rings. The number of halogens is 4. The first-order valence-corrected chi connectivity index (χ1v) is 10.1. The minimum atomic E-state index is -4.87. The van der Waals surface area contributed by atoms with Gasteiger partial charge in [-0.3, -0.25) is 4.79 Å². The van der Waals surface area contributed by atoms with Crippen LogP contribution in [0.2, 0.25) is 0 Å². The standard InChI is InChI=1S/C21H26F4N4O/c1-14-10-15(2)13-28(12-14)9-5-8-26-20(30)16-11-27-29(19(16)21(23,24)25)18-7-4-3-6-17(18)22/h3-4,6-7,11,14-15H,5,8-10,12-13H2,1-2H3,(H,26,30). The van der Waals surface area contributed by atoms with Gasteiger partial charge in [0.05, 0.1) is 11.8 Å². The van der Waals surface area contributed by atoms with Crippen molar-refractivity contribution >= 4 is 5.91 Å². The molecule has 1 saturated heterocycles. The van der Waals surface area contributed by atoms with Crippen LogP contribution in [-0.4, -0.2) is 46.8 Å². The smallest absolute Gasteiger partial charge is 0.352 e. The van der Waals surface area contributed by atoms with Gasteiger partial charge < -0.3 is 10.2 Å². The molecule has 1 aromatic heterocycles. The molecule has 0 saturated carbocycles. The number of para-hydroxylation sites is 1. The highest BCUT2D eigenvalue weighted by Crippen LogP contribution is 2.34. The maximum Gasteiger partial charge on any atom is 0.434 e. The first-order chi connectivity index (χ1) is 14.2. The Morgan fingerprint density at radius 3 is 2.50 bits per heavy atom. The number of benzene rings is 1. The van der Waals surface area contributed by atoms with Crippen LogP contribution in [0.5, 0.6) is 0 Å². The number of aromatic nitrogens is 2. The van der Waals surface area contributed by atoms with Crippen LogP contribution in [0.1, 0.15) is 42.7 Å². The zero-order chi connectivity index (χ0) is 21.9. The first-order valence-electron chi connectivity index (χ1n) is 10.1. The second-order valence-corrected chi connectivity index (χ2v) is 8.08. The molecule has 5 nitrogen and oxygen atoms in total. The lowest BCUT2D eigenvalue weighted by atomic mass is 9.92. The van der Waals surface area contributed by atoms with Crippen molar-refractivity contribution in [3.8, 4) is 5.69 Å². The summed E-state index contributed by atoms with van der Waals surface area (Å²) in [6.45, 7) is 7.42. The second-order valence-electron chi connectivity index (χ2n) is 8.08. The summed E-state index contributed by atoms with van der Waals surface area (Å²) < 4.78 is 55.4. The monoisotopic (exact) mass is 426 g/mol. The van der Waals surface area contributed by atoms with Gasteiger partial charge in [0.15, 0.2) is 5.69 Å². The van der Waals surface area contributed by atoms with Crippen molar-refractivity contribution in [3.63, 3.8) is 0 Å². The van der Waals surface area contributed by atoms with E-state index in [1.54, 1.807) is 0 Å². The van der Waals surface area contributed by atoms with Crippen LogP contribution in [0.4, 0.5) is 17.6 Å². The number of piperidine rings is 1. The molecule has 2 heterocycles. The fourth-order valence-corrected chi connectivity index (χ4v) is 4.17. The molecule has 0 bridgehead atoms. The molecule has 1 N–H and O–H groups in total. The Kier molecular flexibility index (Phi) is 6.80. The summed E-state index contributed by atoms with van der Waals surface area (Å²) >= 11 is 0. The van der Waals surface area contributed by atoms with Gasteiger partial charge in [-0.15, -0.1) is 0 Å². The Hall–Kier alpha value is -2.42. The van der Waals surface area contributed by atoms with Crippen LogP contribution < -0.4 is 5.32 Å². The van der Waals surface area contributed by atoms with Crippen molar-refractivity contribution in [1.82, 2.24) is 20.0 Å². The van der Waals surface area contributed by atoms with E-state index in [2.05, 4.69) is 29.2 Å². The number of rotatable bonds is 6. The third-order valence-electron chi connectivity index (χ3n) is 5.24. The molecule has 9 heteroatoms. The second kappa shape index (κ2) is 9.16. The maximum atomic E-state index is 14.0. The van der Waals surface area contributed by atoms with Crippen LogP contribution in [0.3, 0.4) is 0 Å². The molecule has 1 aliphatic rings. The van der Waals surface area contributed by atoms with Gasteiger partial charge in [-0.25, -0.2) is 9.07 Å². The SMILES string of the molecule is CC1CC(C)CN(CCCNC(=O)c2cnn(-c3ccccc3F)c2C(F)(F)F)C1. The lowest BCUT2D eigenvalue weighted by Gasteiger charge is -2.34. The molecule has 2 atom stereocenters. The summed E-state index contributed by atoms with van der Waals surface area (Å²) in [6, 6.07) is 4.99. The molecule has 3 rings (SSSR count). The number of nitrogens with zero attached hydrogens (tertiary/aromatic N) is 3. The van der Waals surface area contributed by atoms with Gasteiger partial charge in [0, 0.05) is 19.6 Å². The van der Waals surface area contributed by atoms with Crippen molar-refractivity contribution in [3.05, 3.63) is 47.5 Å². The van der Waals surface area contributed by atoms with E-state index in [0.717, 1.165) is 31.9 Å². The molecule has 0 spiro atoms. The summed E-state index contributed by atoms with van der Waals surface area (Å²) in [7, 11) is 0. The van der Waals surface area contributed by atoms with Gasteiger partial charge in [0.1, 0.15) is 11.5 Å². The largest absolute Gasteiger partial charge is 0.434 e. The van der Waals surface area contributed by atoms with E-state index >= 15 is 0 Å². The van der Waals surface area contributed by atoms with E-state index in [0.29, 0.717) is 22.9 Å². The number of likely N-dealkylation sites (tertiary alicyclic amines) is 1. The van der Waals surface area contributed by atoms with Crippen molar-refractivity contribution in [2.75, 3.05) is 26.2 Å². The lowest BCUT2D eigenvalue weighted by molar-refractivity contribution is -0.143. The molecule has 2 unspecified atom stereocenters. The third-order valence-corrected chi connectivity index (χ3v) is 5.24. The zero-order valence-electron chi connectivity index (χ0n) is 17.0. The van der Waals surface area contributed by atoms with Crippen LogP contribution in [0.15, 0.2) is 30.5 Å². The number of alkyl halides is 3. The Balaban J connectivity index is 1.67. The van der Waals surface area contributed by atoms with Crippen LogP contribution in [-0.2, 0) is 6.18 Å². The lowest BCUT2D eigenvalue weighted by Crippen LogP contribution is -2.40. The molecule has 0 radical (unpaired) electrons. The van der Waals surface area contributed by atoms with Gasteiger partial charge in [-0.05, 0) is 43.4 Å². The van der Waals surface area contributed by atoms with Crippen molar-refractivity contribution < 1.29 is 22.4 Å². The van der Waals surface area contributed by atoms with E-state index in [4.69, 9.17) is 0 Å². The third kappa shape index (κ3) is 5.19. The highest BCUT2D eigenvalue weighted by Gasteiger charge is 2.41. The number of amides is 1. The number of carbonyl (C=O) groups is 1. The van der Waals surface area contributed by atoms with E-state index in [9.17, 15) is 22.4 Å². The first kappa shape index (κ1) is 22.3. The molecular formula is C21H26F4N4O. The van der Waals surface area contributed by atoms with Crippen LogP contribution >= 0.6 is 0 Å². The van der Waals surface area contributed by atoms with E-state index in [-0.39, 0.29) is 12.2 Å². The Morgan fingerprint density at radius 1 is 1.20 bits per heavy atom. The Morgan fingerprint density at radius 2 is 1.87 bits per heavy atom. The van der Waals surface area contributed by atoms with Crippen molar-refractivity contribution in [1.29, 1.82) is 0 Å². The molecular weight excluding hydrogens is 400 g/mol. The molecule has 1 aromatic carbocycles. The quantitative estimate of drug-likeness (QED) is 0.558. The number of hydrogen-bond donors (Lipinski definition) is 1. The highest BCUT2D eigenvalue weighted by molar-refractivity contribution is 5.95. The van der Waals surface area contributed by atoms with Gasteiger partial charge in [0.25, 0.3) is 5.91 Å². The minimum absolute atomic E-state index is 0.250. The highest BCUT2D eigenvalue weighted by atomic mass is 19.4. The zero-order valence-corrected chi connectivity index (χ0v) is 17.0. The predicted octanol–water partition coefficient (Wildman–Crippen LogP) is 4.13. The Bertz CT molecular complexity index is 870. The fraction of sp³-hybridized carbons (Fsp3) is 0.524. The van der Waals surface area contributed by atoms with E-state index in [1.165, 1.54) is 24.6 Å².